The van der Waals surface area contributed by atoms with E-state index in [1.165, 1.54) is 6.07 Å². The van der Waals surface area contributed by atoms with E-state index >= 15 is 0 Å². The maximum atomic E-state index is 10.9. The predicted octanol–water partition coefficient (Wildman–Crippen LogP) is 1.36. The Labute approximate surface area is 102 Å². The molecule has 1 aromatic heterocycles. The van der Waals surface area contributed by atoms with Crippen molar-refractivity contribution in [1.82, 2.24) is 15.2 Å². The van der Waals surface area contributed by atoms with Crippen LogP contribution in [0.2, 0.25) is 0 Å². The summed E-state index contributed by atoms with van der Waals surface area (Å²) in [5, 5.41) is 17.2. The van der Waals surface area contributed by atoms with E-state index in [1.54, 1.807) is 19.1 Å². The maximum absolute atomic E-state index is 10.9. The van der Waals surface area contributed by atoms with Crippen molar-refractivity contribution in [2.45, 2.75) is 6.92 Å². The largest absolute Gasteiger partial charge is 0.487 e. The minimum absolute atomic E-state index is 0.0685. The van der Waals surface area contributed by atoms with E-state index < -0.39 is 4.92 Å². The van der Waals surface area contributed by atoms with Crippen molar-refractivity contribution in [2.24, 2.45) is 0 Å². The molecule has 0 bridgehead atoms. The standard InChI is InChI=1S/C10H11N5O3/c1-2-18-8-6(9-12-10(11)14-13-9)4-3-5-7(8)15(16)17/h3-5H,2H2,1H3,(H3,11,12,13,14). The fraction of sp³-hybridized carbons (Fsp3) is 0.200. The van der Waals surface area contributed by atoms with Crippen molar-refractivity contribution in [3.8, 4) is 17.1 Å². The Morgan fingerprint density at radius 3 is 2.89 bits per heavy atom. The topological polar surface area (TPSA) is 120 Å². The second-order valence-electron chi connectivity index (χ2n) is 3.39. The molecule has 2 rings (SSSR count). The van der Waals surface area contributed by atoms with Gasteiger partial charge in [0, 0.05) is 6.07 Å². The van der Waals surface area contributed by atoms with Gasteiger partial charge in [-0.2, -0.15) is 4.98 Å². The molecule has 1 heterocycles. The molecule has 18 heavy (non-hydrogen) atoms. The van der Waals surface area contributed by atoms with E-state index in [2.05, 4.69) is 15.2 Å². The molecule has 0 saturated heterocycles. The molecule has 0 spiro atoms. The third kappa shape index (κ3) is 2.08. The zero-order chi connectivity index (χ0) is 13.1. The number of nitrogen functional groups attached to an aromatic ring is 1. The van der Waals surface area contributed by atoms with Gasteiger partial charge in [-0.25, -0.2) is 0 Å². The first-order valence-corrected chi connectivity index (χ1v) is 5.22. The smallest absolute Gasteiger partial charge is 0.311 e. The van der Waals surface area contributed by atoms with Crippen LogP contribution < -0.4 is 10.5 Å². The van der Waals surface area contributed by atoms with Gasteiger partial charge >= 0.3 is 5.69 Å². The molecule has 0 radical (unpaired) electrons. The first kappa shape index (κ1) is 11.8. The minimum Gasteiger partial charge on any atom is -0.487 e. The number of ether oxygens (including phenoxy) is 1. The second kappa shape index (κ2) is 4.70. The lowest BCUT2D eigenvalue weighted by Crippen LogP contribution is -2.00. The van der Waals surface area contributed by atoms with Crippen molar-refractivity contribution in [3.63, 3.8) is 0 Å². The summed E-state index contributed by atoms with van der Waals surface area (Å²) < 4.78 is 5.32. The number of nitro groups is 1. The Morgan fingerprint density at radius 2 is 2.33 bits per heavy atom. The molecule has 0 fully saturated rings. The Morgan fingerprint density at radius 1 is 1.56 bits per heavy atom. The predicted molar refractivity (Wildman–Crippen MR) is 64.1 cm³/mol. The molecule has 0 aliphatic heterocycles. The number of nitro benzene ring substituents is 1. The number of anilines is 1. The molecule has 0 aliphatic carbocycles. The van der Waals surface area contributed by atoms with Gasteiger partial charge in [0.1, 0.15) is 0 Å². The number of rotatable bonds is 4. The molecule has 8 heteroatoms. The summed E-state index contributed by atoms with van der Waals surface area (Å²) in [5.41, 5.74) is 5.74. The summed E-state index contributed by atoms with van der Waals surface area (Å²) in [6.45, 7) is 2.05. The van der Waals surface area contributed by atoms with Crippen molar-refractivity contribution < 1.29 is 9.66 Å². The molecule has 8 nitrogen and oxygen atoms in total. The second-order valence-corrected chi connectivity index (χ2v) is 3.39. The number of nitrogens with one attached hydrogen (secondary N) is 1. The Balaban J connectivity index is 2.59. The molecule has 2 aromatic rings. The van der Waals surface area contributed by atoms with Crippen molar-refractivity contribution >= 4 is 11.6 Å². The number of nitrogens with two attached hydrogens (primary N) is 1. The first-order valence-electron chi connectivity index (χ1n) is 5.22. The fourth-order valence-electron chi connectivity index (χ4n) is 1.55. The number of nitrogens with zero attached hydrogens (tertiary/aromatic N) is 3. The van der Waals surface area contributed by atoms with E-state index in [0.29, 0.717) is 18.0 Å². The van der Waals surface area contributed by atoms with Gasteiger partial charge in [0.25, 0.3) is 0 Å². The maximum Gasteiger partial charge on any atom is 0.311 e. The highest BCUT2D eigenvalue weighted by molar-refractivity contribution is 5.71. The minimum atomic E-state index is -0.506. The van der Waals surface area contributed by atoms with Crippen molar-refractivity contribution in [1.29, 1.82) is 0 Å². The van der Waals surface area contributed by atoms with Gasteiger partial charge in [0.2, 0.25) is 11.7 Å². The molecule has 1 aromatic carbocycles. The molecule has 0 amide bonds. The summed E-state index contributed by atoms with van der Waals surface area (Å²) in [5.74, 6) is 0.555. The van der Waals surface area contributed by atoms with E-state index in [0.717, 1.165) is 0 Å². The molecule has 0 unspecified atom stereocenters. The van der Waals surface area contributed by atoms with Gasteiger partial charge in [-0.05, 0) is 13.0 Å². The zero-order valence-electron chi connectivity index (χ0n) is 9.58. The Kier molecular flexibility index (Phi) is 3.09. The van der Waals surface area contributed by atoms with Crippen LogP contribution >= 0.6 is 0 Å². The SMILES string of the molecule is CCOc1c(-c2nc(N)n[nH]2)cccc1[N+](=O)[O-]. The van der Waals surface area contributed by atoms with Crippen LogP contribution in [-0.2, 0) is 0 Å². The van der Waals surface area contributed by atoms with Crippen LogP contribution in [0.3, 0.4) is 0 Å². The third-order valence-electron chi connectivity index (χ3n) is 2.24. The highest BCUT2D eigenvalue weighted by Gasteiger charge is 2.21. The fourth-order valence-corrected chi connectivity index (χ4v) is 1.55. The van der Waals surface area contributed by atoms with E-state index in [1.807, 2.05) is 0 Å². The number of H-pyrrole nitrogens is 1. The molecular formula is C10H11N5O3. The van der Waals surface area contributed by atoms with Crippen LogP contribution in [0, 0.1) is 10.1 Å². The van der Waals surface area contributed by atoms with Crippen molar-refractivity contribution in [3.05, 3.63) is 28.3 Å². The van der Waals surface area contributed by atoms with E-state index in [9.17, 15) is 10.1 Å². The van der Waals surface area contributed by atoms with Gasteiger partial charge in [0.15, 0.2) is 5.82 Å². The summed E-state index contributed by atoms with van der Waals surface area (Å²) in [6.07, 6.45) is 0. The number of para-hydroxylation sites is 1. The van der Waals surface area contributed by atoms with Crippen LogP contribution in [0.4, 0.5) is 11.6 Å². The number of hydrogen-bond acceptors (Lipinski definition) is 6. The number of benzene rings is 1. The summed E-state index contributed by atoms with van der Waals surface area (Å²) in [7, 11) is 0. The van der Waals surface area contributed by atoms with Crippen LogP contribution in [0.1, 0.15) is 6.92 Å². The molecular weight excluding hydrogens is 238 g/mol. The number of hydrogen-bond donors (Lipinski definition) is 2. The summed E-state index contributed by atoms with van der Waals surface area (Å²) >= 11 is 0. The third-order valence-corrected chi connectivity index (χ3v) is 2.24. The molecule has 0 saturated carbocycles. The van der Waals surface area contributed by atoms with Gasteiger partial charge in [-0.15, -0.1) is 5.10 Å². The number of aromatic nitrogens is 3. The lowest BCUT2D eigenvalue weighted by atomic mass is 10.1. The Hall–Kier alpha value is -2.64. The van der Waals surface area contributed by atoms with Crippen molar-refractivity contribution in [2.75, 3.05) is 12.3 Å². The molecule has 0 atom stereocenters. The normalized spacial score (nSPS) is 10.3. The average molecular weight is 249 g/mol. The zero-order valence-corrected chi connectivity index (χ0v) is 9.58. The first-order chi connectivity index (χ1) is 8.63. The molecule has 0 aliphatic rings. The molecule has 94 valence electrons. The Bertz CT molecular complexity index is 581. The summed E-state index contributed by atoms with van der Waals surface area (Å²) in [4.78, 5) is 14.4. The van der Waals surface area contributed by atoms with Crippen LogP contribution in [0.15, 0.2) is 18.2 Å². The molecule has 3 N–H and O–H groups in total. The van der Waals surface area contributed by atoms with Gasteiger partial charge in [-0.3, -0.25) is 15.2 Å². The van der Waals surface area contributed by atoms with Crippen LogP contribution in [0.25, 0.3) is 11.4 Å². The highest BCUT2D eigenvalue weighted by atomic mass is 16.6. The van der Waals surface area contributed by atoms with Gasteiger partial charge in [-0.1, -0.05) is 6.07 Å². The summed E-state index contributed by atoms with van der Waals surface area (Å²) in [6, 6.07) is 4.57. The quantitative estimate of drug-likeness (QED) is 0.623. The lowest BCUT2D eigenvalue weighted by molar-refractivity contribution is -0.385. The number of aromatic amines is 1. The highest BCUT2D eigenvalue weighted by Crippen LogP contribution is 2.36. The lowest BCUT2D eigenvalue weighted by Gasteiger charge is -2.07. The van der Waals surface area contributed by atoms with E-state index in [4.69, 9.17) is 10.5 Å². The average Bonchev–Trinajstić information content (AvgIpc) is 2.76. The van der Waals surface area contributed by atoms with Crippen LogP contribution in [-0.4, -0.2) is 26.7 Å². The van der Waals surface area contributed by atoms with Gasteiger partial charge in [0.05, 0.1) is 17.1 Å². The van der Waals surface area contributed by atoms with Crippen LogP contribution in [0.5, 0.6) is 5.75 Å². The van der Waals surface area contributed by atoms with E-state index in [-0.39, 0.29) is 17.4 Å². The van der Waals surface area contributed by atoms with Gasteiger partial charge < -0.3 is 10.5 Å². The monoisotopic (exact) mass is 249 g/mol.